The first-order valence-electron chi connectivity index (χ1n) is 11.8. The minimum Gasteiger partial charge on any atom is -0.488 e. The number of carbonyl (C=O) groups is 2. The summed E-state index contributed by atoms with van der Waals surface area (Å²) in [6.07, 6.45) is 2.46. The molecule has 0 atom stereocenters. The number of carbonyl (C=O) groups excluding carboxylic acids is 2. The van der Waals surface area contributed by atoms with E-state index in [0.29, 0.717) is 29.4 Å². The summed E-state index contributed by atoms with van der Waals surface area (Å²) in [6.45, 7) is 33.3. The normalized spacial score (nSPS) is 12.1. The van der Waals surface area contributed by atoms with Gasteiger partial charge >= 0.3 is 29.3 Å². The van der Waals surface area contributed by atoms with Crippen molar-refractivity contribution in [3.63, 3.8) is 0 Å². The number of allylic oxidation sites excluding steroid dienone is 3. The Morgan fingerprint density at radius 1 is 0.649 bits per heavy atom. The second kappa shape index (κ2) is 14.7. The van der Waals surface area contributed by atoms with Crippen molar-refractivity contribution in [2.24, 2.45) is 0 Å². The molecule has 0 aliphatic carbocycles. The van der Waals surface area contributed by atoms with E-state index in [4.69, 9.17) is 31.0 Å². The highest BCUT2D eigenvalue weighted by molar-refractivity contribution is 6.88. The average molecular weight is 589 g/mol. The van der Waals surface area contributed by atoms with Crippen molar-refractivity contribution < 1.29 is 40.6 Å². The fraction of sp³-hybridized carbons (Fsp3) is 0.500. The molecule has 0 rings (SSSR count). The quantitative estimate of drug-likeness (QED) is 0.0823. The van der Waals surface area contributed by atoms with E-state index in [1.165, 1.54) is 0 Å². The molecule has 37 heavy (non-hydrogen) atoms. The van der Waals surface area contributed by atoms with Gasteiger partial charge in [-0.1, -0.05) is 32.9 Å². The van der Waals surface area contributed by atoms with Crippen LogP contribution in [-0.4, -0.2) is 58.4 Å². The standard InChI is InChI=1S/C24H44O9Si4/c1-14-23(25)27-18-34(9,10)32-36(13,33-35(11,12)19-28-24(26)15-2)16-17-37(29-20(3)4,30-21(5)6)31-22(7)8/h14-15H,1-3,5,7,16-19H2,4,6,8-13H3. The predicted octanol–water partition coefficient (Wildman–Crippen LogP) is 5.63. The highest BCUT2D eigenvalue weighted by Gasteiger charge is 2.53. The van der Waals surface area contributed by atoms with Gasteiger partial charge in [-0.2, -0.15) is 0 Å². The van der Waals surface area contributed by atoms with Crippen molar-refractivity contribution in [2.45, 2.75) is 65.6 Å². The van der Waals surface area contributed by atoms with Gasteiger partial charge in [-0.15, -0.1) is 0 Å². The zero-order valence-electron chi connectivity index (χ0n) is 23.7. The molecule has 0 N–H and O–H groups in total. The first-order valence-corrected chi connectivity index (χ1v) is 22.5. The number of esters is 2. The minimum absolute atomic E-state index is 0.118. The lowest BCUT2D eigenvalue weighted by molar-refractivity contribution is -0.137. The summed E-state index contributed by atoms with van der Waals surface area (Å²) in [5, 5.41) is 0. The van der Waals surface area contributed by atoms with Gasteiger partial charge in [0, 0.05) is 12.2 Å². The van der Waals surface area contributed by atoms with Crippen LogP contribution in [0.5, 0.6) is 0 Å². The van der Waals surface area contributed by atoms with Crippen LogP contribution in [0, 0.1) is 0 Å². The van der Waals surface area contributed by atoms with Crippen LogP contribution in [0.25, 0.3) is 0 Å². The third-order valence-corrected chi connectivity index (χ3v) is 18.4. The van der Waals surface area contributed by atoms with Gasteiger partial charge in [0.15, 0.2) is 0 Å². The van der Waals surface area contributed by atoms with E-state index in [1.807, 2.05) is 32.7 Å². The van der Waals surface area contributed by atoms with E-state index in [9.17, 15) is 9.59 Å². The maximum Gasteiger partial charge on any atom is 0.698 e. The Morgan fingerprint density at radius 3 is 1.24 bits per heavy atom. The summed E-state index contributed by atoms with van der Waals surface area (Å²) in [6, 6.07) is 0.723. The fourth-order valence-corrected chi connectivity index (χ4v) is 20.6. The molecule has 0 saturated heterocycles. The second-order valence-corrected chi connectivity index (χ2v) is 24.6. The fourth-order valence-electron chi connectivity index (χ4n) is 3.35. The summed E-state index contributed by atoms with van der Waals surface area (Å²) >= 11 is 0. The van der Waals surface area contributed by atoms with Crippen molar-refractivity contribution in [3.05, 3.63) is 62.3 Å². The van der Waals surface area contributed by atoms with E-state index >= 15 is 0 Å². The number of rotatable bonds is 19. The Bertz CT molecular complexity index is 805. The van der Waals surface area contributed by atoms with Crippen LogP contribution in [0.3, 0.4) is 0 Å². The van der Waals surface area contributed by atoms with Crippen LogP contribution in [0.15, 0.2) is 62.3 Å². The lowest BCUT2D eigenvalue weighted by Gasteiger charge is -2.41. The molecule has 0 aliphatic heterocycles. The average Bonchev–Trinajstić information content (AvgIpc) is 2.72. The molecule has 9 nitrogen and oxygen atoms in total. The summed E-state index contributed by atoms with van der Waals surface area (Å²) < 4.78 is 42.2. The Morgan fingerprint density at radius 2 is 0.973 bits per heavy atom. The summed E-state index contributed by atoms with van der Waals surface area (Å²) in [5.41, 5.74) is 0. The first kappa shape index (κ1) is 34.8. The maximum atomic E-state index is 11.7. The van der Waals surface area contributed by atoms with Crippen molar-refractivity contribution in [3.8, 4) is 0 Å². The Kier molecular flexibility index (Phi) is 13.8. The molecule has 210 valence electrons. The molecule has 0 aromatic heterocycles. The van der Waals surface area contributed by atoms with Gasteiger partial charge < -0.3 is 31.0 Å². The maximum absolute atomic E-state index is 11.7. The molecule has 0 bridgehead atoms. The Balaban J connectivity index is 6.20. The third-order valence-electron chi connectivity index (χ3n) is 4.32. The topological polar surface area (TPSA) is 98.8 Å². The van der Waals surface area contributed by atoms with Gasteiger partial charge in [-0.3, -0.25) is 0 Å². The summed E-state index contributed by atoms with van der Waals surface area (Å²) in [7, 11) is -11.6. The zero-order valence-corrected chi connectivity index (χ0v) is 27.7. The Hall–Kier alpha value is -2.17. The van der Waals surface area contributed by atoms with Crippen LogP contribution in [0.1, 0.15) is 20.8 Å². The van der Waals surface area contributed by atoms with Gasteiger partial charge in [0.1, 0.15) is 12.5 Å². The molecule has 0 aromatic rings. The highest BCUT2D eigenvalue weighted by Crippen LogP contribution is 2.33. The van der Waals surface area contributed by atoms with Crippen LogP contribution in [0.4, 0.5) is 0 Å². The monoisotopic (exact) mass is 588 g/mol. The summed E-state index contributed by atoms with van der Waals surface area (Å²) in [5.74, 6) is 0.236. The molecule has 0 spiro atoms. The van der Waals surface area contributed by atoms with Gasteiger partial charge in [0.2, 0.25) is 16.6 Å². The van der Waals surface area contributed by atoms with E-state index < -0.39 is 45.9 Å². The number of ether oxygens (including phenoxy) is 2. The van der Waals surface area contributed by atoms with Crippen LogP contribution in [-0.2, 0) is 40.6 Å². The van der Waals surface area contributed by atoms with Crippen molar-refractivity contribution in [1.82, 2.24) is 0 Å². The molecule has 0 aliphatic rings. The van der Waals surface area contributed by atoms with Crippen molar-refractivity contribution in [1.29, 1.82) is 0 Å². The molecular formula is C24H44O9Si4. The van der Waals surface area contributed by atoms with Gasteiger partial charge in [0.05, 0.1) is 23.3 Å². The molecule has 13 heteroatoms. The molecule has 0 saturated carbocycles. The molecule has 0 aromatic carbocycles. The van der Waals surface area contributed by atoms with Crippen LogP contribution in [0.2, 0.25) is 44.8 Å². The second-order valence-electron chi connectivity index (χ2n) is 10.1. The Labute approximate surface area is 226 Å². The smallest absolute Gasteiger partial charge is 0.488 e. The summed E-state index contributed by atoms with van der Waals surface area (Å²) in [4.78, 5) is 23.4. The lowest BCUT2D eigenvalue weighted by Crippen LogP contribution is -2.58. The molecule has 0 fully saturated rings. The van der Waals surface area contributed by atoms with E-state index in [-0.39, 0.29) is 12.5 Å². The first-order chi connectivity index (χ1) is 16.8. The molecule has 0 amide bonds. The number of hydrogen-bond acceptors (Lipinski definition) is 9. The van der Waals surface area contributed by atoms with E-state index in [0.717, 1.165) is 12.2 Å². The SMILES string of the molecule is C=CC(=O)OC[Si](C)(C)O[Si](C)(CC[Si](OC(=C)C)(OC(=C)C)OC(=C)C)O[Si](C)(C)COC(=O)C=C. The van der Waals surface area contributed by atoms with E-state index in [1.54, 1.807) is 20.8 Å². The van der Waals surface area contributed by atoms with Crippen LogP contribution >= 0.6 is 0 Å². The van der Waals surface area contributed by atoms with Gasteiger partial charge in [0.25, 0.3) is 0 Å². The number of hydrogen-bond donors (Lipinski definition) is 0. The van der Waals surface area contributed by atoms with Crippen LogP contribution < -0.4 is 0 Å². The van der Waals surface area contributed by atoms with Gasteiger partial charge in [-0.05, 0) is 59.6 Å². The van der Waals surface area contributed by atoms with Crippen molar-refractivity contribution >= 4 is 45.9 Å². The third kappa shape index (κ3) is 15.0. The lowest BCUT2D eigenvalue weighted by atomic mass is 10.7. The van der Waals surface area contributed by atoms with Gasteiger partial charge in [-0.25, -0.2) is 9.59 Å². The molecule has 0 radical (unpaired) electrons. The van der Waals surface area contributed by atoms with Crippen molar-refractivity contribution in [2.75, 3.05) is 12.5 Å². The molecule has 0 heterocycles. The minimum atomic E-state index is -3.42. The highest BCUT2D eigenvalue weighted by atomic mass is 28.5. The van der Waals surface area contributed by atoms with E-state index in [2.05, 4.69) is 32.9 Å². The molecular weight excluding hydrogens is 545 g/mol. The molecule has 0 unspecified atom stereocenters. The zero-order chi connectivity index (χ0) is 29.1. The predicted molar refractivity (Wildman–Crippen MR) is 154 cm³/mol. The largest absolute Gasteiger partial charge is 0.698 e.